The molecule has 0 amide bonds. The Balaban J connectivity index is 2.16. The fourth-order valence-corrected chi connectivity index (χ4v) is 2.29. The van der Waals surface area contributed by atoms with Crippen LogP contribution < -0.4 is 0 Å². The van der Waals surface area contributed by atoms with E-state index in [1.54, 1.807) is 5.57 Å². The van der Waals surface area contributed by atoms with Crippen LogP contribution in [0.5, 0.6) is 0 Å². The molecule has 0 bridgehead atoms. The van der Waals surface area contributed by atoms with Crippen LogP contribution in [0, 0.1) is 11.3 Å². The zero-order chi connectivity index (χ0) is 7.19. The average molecular weight is 136 g/mol. The topological polar surface area (TPSA) is 0 Å². The molecule has 0 heteroatoms. The molecule has 2 rings (SSSR count). The van der Waals surface area contributed by atoms with Crippen molar-refractivity contribution in [3.8, 4) is 0 Å². The fraction of sp³-hybridized carbons (Fsp3) is 0.800. The Hall–Kier alpha value is -0.260. The van der Waals surface area contributed by atoms with E-state index < -0.39 is 0 Å². The summed E-state index contributed by atoms with van der Waals surface area (Å²) in [5.74, 6) is 0.896. The maximum absolute atomic E-state index is 2.57. The molecular weight excluding hydrogens is 120 g/mol. The highest BCUT2D eigenvalue weighted by atomic mass is 14.5. The van der Waals surface area contributed by atoms with Crippen molar-refractivity contribution in [1.82, 2.24) is 0 Å². The maximum atomic E-state index is 2.57. The van der Waals surface area contributed by atoms with Crippen molar-refractivity contribution in [2.24, 2.45) is 11.3 Å². The Morgan fingerprint density at radius 2 is 2.30 bits per heavy atom. The Bertz CT molecular complexity index is 172. The molecule has 1 spiro atoms. The van der Waals surface area contributed by atoms with Crippen LogP contribution in [0.3, 0.4) is 0 Å². The molecule has 0 unspecified atom stereocenters. The van der Waals surface area contributed by atoms with Gasteiger partial charge in [0.1, 0.15) is 0 Å². The molecule has 1 saturated carbocycles. The van der Waals surface area contributed by atoms with Gasteiger partial charge in [0.15, 0.2) is 0 Å². The summed E-state index contributed by atoms with van der Waals surface area (Å²) in [7, 11) is 0. The number of allylic oxidation sites excluding steroid dienone is 2. The van der Waals surface area contributed by atoms with Gasteiger partial charge in [-0.1, -0.05) is 25.5 Å². The third kappa shape index (κ3) is 0.817. The molecule has 1 atom stereocenters. The van der Waals surface area contributed by atoms with Crippen LogP contribution in [0.1, 0.15) is 39.5 Å². The average Bonchev–Trinajstić information content (AvgIpc) is 2.55. The molecule has 1 fully saturated rings. The van der Waals surface area contributed by atoms with Gasteiger partial charge >= 0.3 is 0 Å². The monoisotopic (exact) mass is 136 g/mol. The second kappa shape index (κ2) is 1.87. The minimum absolute atomic E-state index is 0.727. The third-order valence-electron chi connectivity index (χ3n) is 3.14. The molecule has 0 saturated heterocycles. The van der Waals surface area contributed by atoms with Crippen LogP contribution in [0.15, 0.2) is 11.6 Å². The van der Waals surface area contributed by atoms with E-state index in [0.717, 1.165) is 11.3 Å². The van der Waals surface area contributed by atoms with E-state index in [1.807, 2.05) is 0 Å². The predicted molar refractivity (Wildman–Crippen MR) is 43.8 cm³/mol. The highest BCUT2D eigenvalue weighted by Gasteiger charge is 2.45. The first kappa shape index (κ1) is 6.45. The summed E-state index contributed by atoms with van der Waals surface area (Å²) in [5, 5.41) is 0. The standard InChI is InChI=1S/C10H16/c1-3-9-7-10(4-5-10)6-8(9)2/h7-8H,3-6H2,1-2H3/t8-/m0/s1. The number of hydrogen-bond acceptors (Lipinski definition) is 0. The lowest BCUT2D eigenvalue weighted by atomic mass is 9.99. The first-order valence-electron chi connectivity index (χ1n) is 4.47. The van der Waals surface area contributed by atoms with Gasteiger partial charge in [0.05, 0.1) is 0 Å². The molecule has 0 nitrogen and oxygen atoms in total. The predicted octanol–water partition coefficient (Wildman–Crippen LogP) is 3.14. The van der Waals surface area contributed by atoms with Crippen LogP contribution in [-0.4, -0.2) is 0 Å². The Morgan fingerprint density at radius 3 is 2.60 bits per heavy atom. The first-order chi connectivity index (χ1) is 4.76. The minimum Gasteiger partial charge on any atom is -0.0788 e. The molecule has 10 heavy (non-hydrogen) atoms. The molecule has 0 aromatic heterocycles. The summed E-state index contributed by atoms with van der Waals surface area (Å²) in [6.07, 6.45) is 8.25. The normalized spacial score (nSPS) is 34.6. The molecule has 0 radical (unpaired) electrons. The summed E-state index contributed by atoms with van der Waals surface area (Å²) in [6.45, 7) is 4.66. The zero-order valence-electron chi connectivity index (χ0n) is 6.98. The Kier molecular flexibility index (Phi) is 1.21. The lowest BCUT2D eigenvalue weighted by Gasteiger charge is -2.05. The van der Waals surface area contributed by atoms with Crippen LogP contribution in [-0.2, 0) is 0 Å². The second-order valence-electron chi connectivity index (χ2n) is 4.04. The van der Waals surface area contributed by atoms with Crippen LogP contribution in [0.25, 0.3) is 0 Å². The van der Waals surface area contributed by atoms with Crippen LogP contribution >= 0.6 is 0 Å². The van der Waals surface area contributed by atoms with Gasteiger partial charge in [-0.25, -0.2) is 0 Å². The molecule has 0 aromatic rings. The highest BCUT2D eigenvalue weighted by molar-refractivity contribution is 5.24. The lowest BCUT2D eigenvalue weighted by molar-refractivity contribution is 0.528. The van der Waals surface area contributed by atoms with E-state index in [2.05, 4.69) is 19.9 Å². The first-order valence-corrected chi connectivity index (χ1v) is 4.47. The molecule has 0 aliphatic heterocycles. The molecule has 56 valence electrons. The Labute approximate surface area is 63.3 Å². The van der Waals surface area contributed by atoms with E-state index in [-0.39, 0.29) is 0 Å². The molecule has 2 aliphatic carbocycles. The summed E-state index contributed by atoms with van der Waals surface area (Å²) in [6, 6.07) is 0. The van der Waals surface area contributed by atoms with Crippen molar-refractivity contribution in [3.63, 3.8) is 0 Å². The van der Waals surface area contributed by atoms with Gasteiger partial charge in [-0.15, -0.1) is 0 Å². The SMILES string of the molecule is CCC1=CC2(CC2)C[C@@H]1C. The second-order valence-corrected chi connectivity index (χ2v) is 4.04. The molecule has 0 N–H and O–H groups in total. The third-order valence-corrected chi connectivity index (χ3v) is 3.14. The van der Waals surface area contributed by atoms with Gasteiger partial charge in [0.25, 0.3) is 0 Å². The van der Waals surface area contributed by atoms with Crippen molar-refractivity contribution in [2.75, 3.05) is 0 Å². The Morgan fingerprint density at radius 1 is 1.60 bits per heavy atom. The lowest BCUT2D eigenvalue weighted by Crippen LogP contribution is -1.94. The summed E-state index contributed by atoms with van der Waals surface area (Å²) in [5.41, 5.74) is 2.45. The van der Waals surface area contributed by atoms with Crippen molar-refractivity contribution in [1.29, 1.82) is 0 Å². The smallest absolute Gasteiger partial charge is 0.0109 e. The van der Waals surface area contributed by atoms with Gasteiger partial charge in [-0.2, -0.15) is 0 Å². The summed E-state index contributed by atoms with van der Waals surface area (Å²) < 4.78 is 0. The summed E-state index contributed by atoms with van der Waals surface area (Å²) >= 11 is 0. The van der Waals surface area contributed by atoms with Crippen LogP contribution in [0.2, 0.25) is 0 Å². The van der Waals surface area contributed by atoms with Gasteiger partial charge < -0.3 is 0 Å². The van der Waals surface area contributed by atoms with E-state index in [4.69, 9.17) is 0 Å². The van der Waals surface area contributed by atoms with Gasteiger partial charge in [0, 0.05) is 0 Å². The van der Waals surface area contributed by atoms with Gasteiger partial charge in [0.2, 0.25) is 0 Å². The molecular formula is C10H16. The van der Waals surface area contributed by atoms with Gasteiger partial charge in [-0.3, -0.25) is 0 Å². The van der Waals surface area contributed by atoms with Crippen molar-refractivity contribution in [2.45, 2.75) is 39.5 Å². The molecule has 0 aromatic carbocycles. The number of rotatable bonds is 1. The van der Waals surface area contributed by atoms with Crippen LogP contribution in [0.4, 0.5) is 0 Å². The summed E-state index contributed by atoms with van der Waals surface area (Å²) in [4.78, 5) is 0. The number of hydrogen-bond donors (Lipinski definition) is 0. The minimum atomic E-state index is 0.727. The maximum Gasteiger partial charge on any atom is -0.0109 e. The van der Waals surface area contributed by atoms with Crippen molar-refractivity contribution >= 4 is 0 Å². The van der Waals surface area contributed by atoms with E-state index in [1.165, 1.54) is 25.7 Å². The van der Waals surface area contributed by atoms with E-state index >= 15 is 0 Å². The molecule has 0 heterocycles. The van der Waals surface area contributed by atoms with Crippen molar-refractivity contribution in [3.05, 3.63) is 11.6 Å². The van der Waals surface area contributed by atoms with Gasteiger partial charge in [-0.05, 0) is 37.0 Å². The van der Waals surface area contributed by atoms with E-state index in [0.29, 0.717) is 0 Å². The zero-order valence-corrected chi connectivity index (χ0v) is 6.98. The molecule has 2 aliphatic rings. The quantitative estimate of drug-likeness (QED) is 0.486. The van der Waals surface area contributed by atoms with E-state index in [9.17, 15) is 0 Å². The largest absolute Gasteiger partial charge is 0.0788 e. The fourth-order valence-electron chi connectivity index (χ4n) is 2.29. The highest BCUT2D eigenvalue weighted by Crippen LogP contribution is 2.58. The van der Waals surface area contributed by atoms with Crippen molar-refractivity contribution < 1.29 is 0 Å².